The summed E-state index contributed by atoms with van der Waals surface area (Å²) in [5.74, 6) is 1.34. The molecule has 0 atom stereocenters. The largest absolute Gasteiger partial charge is 0.351 e. The predicted octanol–water partition coefficient (Wildman–Crippen LogP) is 4.08. The number of anilines is 3. The van der Waals surface area contributed by atoms with Crippen molar-refractivity contribution in [3.63, 3.8) is 0 Å². The van der Waals surface area contributed by atoms with E-state index in [-0.39, 0.29) is 10.9 Å². The molecule has 4 aromatic rings. The van der Waals surface area contributed by atoms with Gasteiger partial charge in [0.15, 0.2) is 26.3 Å². The molecule has 184 valence electrons. The van der Waals surface area contributed by atoms with Crippen LogP contribution in [0.25, 0.3) is 5.65 Å². The second-order valence-corrected chi connectivity index (χ2v) is 11.3. The van der Waals surface area contributed by atoms with Gasteiger partial charge in [-0.25, -0.2) is 18.4 Å². The van der Waals surface area contributed by atoms with Crippen molar-refractivity contribution >= 4 is 32.9 Å². The van der Waals surface area contributed by atoms with Gasteiger partial charge in [-0.05, 0) is 44.0 Å². The van der Waals surface area contributed by atoms with Crippen molar-refractivity contribution in [2.24, 2.45) is 0 Å². The SMILES string of the molecule is Cc1nc(S(C)(=O)=O)ccc1Nc1cccn2c(C3CCN(c4nc(C(C)C)no4)CC3)cnc12. The summed E-state index contributed by atoms with van der Waals surface area (Å²) in [5.41, 5.74) is 4.16. The third kappa shape index (κ3) is 4.60. The molecule has 1 aliphatic rings. The van der Waals surface area contributed by atoms with E-state index in [0.29, 0.717) is 17.6 Å². The molecule has 5 rings (SSSR count). The van der Waals surface area contributed by atoms with Crippen LogP contribution in [-0.4, -0.2) is 52.3 Å². The van der Waals surface area contributed by atoms with Crippen LogP contribution in [0.1, 0.15) is 55.7 Å². The average Bonchev–Trinajstić information content (AvgIpc) is 3.48. The van der Waals surface area contributed by atoms with Gasteiger partial charge in [-0.1, -0.05) is 19.0 Å². The Kier molecular flexibility index (Phi) is 5.96. The van der Waals surface area contributed by atoms with Gasteiger partial charge in [0.1, 0.15) is 0 Å². The highest BCUT2D eigenvalue weighted by Crippen LogP contribution is 2.32. The number of imidazole rings is 1. The fourth-order valence-electron chi connectivity index (χ4n) is 4.41. The van der Waals surface area contributed by atoms with Crippen molar-refractivity contribution in [1.29, 1.82) is 0 Å². The molecule has 1 N–H and O–H groups in total. The summed E-state index contributed by atoms with van der Waals surface area (Å²) in [6, 6.07) is 7.80. The molecule has 0 bridgehead atoms. The van der Waals surface area contributed by atoms with E-state index >= 15 is 0 Å². The molecule has 0 aromatic carbocycles. The summed E-state index contributed by atoms with van der Waals surface area (Å²) in [5, 5.41) is 7.52. The molecule has 1 aliphatic heterocycles. The lowest BCUT2D eigenvalue weighted by Crippen LogP contribution is -2.33. The number of sulfone groups is 1. The van der Waals surface area contributed by atoms with Crippen molar-refractivity contribution in [2.45, 2.75) is 50.5 Å². The highest BCUT2D eigenvalue weighted by Gasteiger charge is 2.26. The quantitative estimate of drug-likeness (QED) is 0.422. The maximum absolute atomic E-state index is 11.8. The summed E-state index contributed by atoms with van der Waals surface area (Å²) in [6.45, 7) is 7.57. The van der Waals surface area contributed by atoms with E-state index in [0.717, 1.165) is 55.0 Å². The van der Waals surface area contributed by atoms with Crippen LogP contribution < -0.4 is 10.2 Å². The lowest BCUT2D eigenvalue weighted by atomic mass is 9.94. The number of piperidine rings is 1. The summed E-state index contributed by atoms with van der Waals surface area (Å²) in [7, 11) is -3.36. The van der Waals surface area contributed by atoms with Gasteiger partial charge >= 0.3 is 6.01 Å². The Balaban J connectivity index is 1.34. The van der Waals surface area contributed by atoms with E-state index in [1.54, 1.807) is 13.0 Å². The minimum atomic E-state index is -3.36. The minimum Gasteiger partial charge on any atom is -0.351 e. The summed E-state index contributed by atoms with van der Waals surface area (Å²) >= 11 is 0. The van der Waals surface area contributed by atoms with E-state index in [4.69, 9.17) is 9.51 Å². The first kappa shape index (κ1) is 23.3. The van der Waals surface area contributed by atoms with Crippen molar-refractivity contribution in [2.75, 3.05) is 29.6 Å². The van der Waals surface area contributed by atoms with Gasteiger partial charge < -0.3 is 19.1 Å². The fraction of sp³-hybridized carbons (Fsp3) is 0.417. The Morgan fingerprint density at radius 3 is 2.54 bits per heavy atom. The monoisotopic (exact) mass is 495 g/mol. The van der Waals surface area contributed by atoms with E-state index in [9.17, 15) is 8.42 Å². The standard InChI is InChI=1S/C24H29N7O3S/c1-15(2)22-28-24(34-29-22)30-12-9-17(10-13-30)20-14-25-23-19(6-5-11-31(20)23)27-18-7-8-21(26-16(18)3)35(4,32)33/h5-8,11,14-15,17,27H,9-10,12-13H2,1-4H3. The molecule has 0 amide bonds. The van der Waals surface area contributed by atoms with Gasteiger partial charge in [-0.3, -0.25) is 0 Å². The second-order valence-electron chi connectivity index (χ2n) is 9.33. The van der Waals surface area contributed by atoms with Crippen molar-refractivity contribution in [3.05, 3.63) is 53.9 Å². The number of hydrogen-bond acceptors (Lipinski definition) is 9. The Morgan fingerprint density at radius 1 is 1.11 bits per heavy atom. The first-order chi connectivity index (χ1) is 16.7. The topological polar surface area (TPSA) is 119 Å². The van der Waals surface area contributed by atoms with Crippen LogP contribution in [0.4, 0.5) is 17.4 Å². The third-order valence-corrected chi connectivity index (χ3v) is 7.39. The predicted molar refractivity (Wildman–Crippen MR) is 133 cm³/mol. The number of pyridine rings is 2. The smallest absolute Gasteiger partial charge is 0.324 e. The van der Waals surface area contributed by atoms with Crippen LogP contribution in [0.3, 0.4) is 0 Å². The van der Waals surface area contributed by atoms with Crippen molar-refractivity contribution < 1.29 is 12.9 Å². The number of rotatable bonds is 6. The number of hydrogen-bond donors (Lipinski definition) is 1. The molecule has 10 nitrogen and oxygen atoms in total. The zero-order chi connectivity index (χ0) is 24.7. The highest BCUT2D eigenvalue weighted by atomic mass is 32.2. The Bertz CT molecular complexity index is 1470. The molecule has 0 aliphatic carbocycles. The summed E-state index contributed by atoms with van der Waals surface area (Å²) < 4.78 is 31.2. The van der Waals surface area contributed by atoms with E-state index in [1.165, 1.54) is 11.8 Å². The summed E-state index contributed by atoms with van der Waals surface area (Å²) in [6.07, 6.45) is 7.05. The van der Waals surface area contributed by atoms with Gasteiger partial charge in [-0.15, -0.1) is 0 Å². The van der Waals surface area contributed by atoms with Crippen LogP contribution >= 0.6 is 0 Å². The number of fused-ring (bicyclic) bond motifs is 1. The first-order valence-electron chi connectivity index (χ1n) is 11.7. The molecule has 0 unspecified atom stereocenters. The molecule has 4 aromatic heterocycles. The molecule has 1 saturated heterocycles. The van der Waals surface area contributed by atoms with Crippen LogP contribution in [-0.2, 0) is 9.84 Å². The molecule has 0 radical (unpaired) electrons. The number of aryl methyl sites for hydroxylation is 1. The maximum atomic E-state index is 11.8. The molecular weight excluding hydrogens is 466 g/mol. The van der Waals surface area contributed by atoms with Gasteiger partial charge in [0.2, 0.25) is 0 Å². The lowest BCUT2D eigenvalue weighted by molar-refractivity contribution is 0.386. The molecule has 0 saturated carbocycles. The van der Waals surface area contributed by atoms with Crippen molar-refractivity contribution in [3.8, 4) is 0 Å². The van der Waals surface area contributed by atoms with Gasteiger partial charge in [0.25, 0.3) is 0 Å². The molecule has 1 fully saturated rings. The Labute approximate surface area is 204 Å². The Hall–Kier alpha value is -3.47. The normalized spacial score (nSPS) is 15.3. The van der Waals surface area contributed by atoms with Crippen LogP contribution in [0.2, 0.25) is 0 Å². The van der Waals surface area contributed by atoms with Crippen LogP contribution in [0.5, 0.6) is 0 Å². The lowest BCUT2D eigenvalue weighted by Gasteiger charge is -2.30. The number of aromatic nitrogens is 5. The molecular formula is C24H29N7O3S. The second kappa shape index (κ2) is 8.95. The zero-order valence-electron chi connectivity index (χ0n) is 20.3. The first-order valence-corrected chi connectivity index (χ1v) is 13.6. The van der Waals surface area contributed by atoms with Gasteiger partial charge in [-0.2, -0.15) is 4.98 Å². The molecule has 0 spiro atoms. The summed E-state index contributed by atoms with van der Waals surface area (Å²) in [4.78, 5) is 15.6. The molecule has 5 heterocycles. The molecule has 11 heteroatoms. The number of nitrogens with one attached hydrogen (secondary N) is 1. The zero-order valence-corrected chi connectivity index (χ0v) is 21.1. The fourth-order valence-corrected chi connectivity index (χ4v) is 5.03. The molecule has 35 heavy (non-hydrogen) atoms. The van der Waals surface area contributed by atoms with Crippen LogP contribution in [0.15, 0.2) is 46.2 Å². The van der Waals surface area contributed by atoms with E-state index in [2.05, 4.69) is 43.6 Å². The van der Waals surface area contributed by atoms with Gasteiger partial charge in [0.05, 0.1) is 17.1 Å². The van der Waals surface area contributed by atoms with Crippen LogP contribution in [0, 0.1) is 6.92 Å². The van der Waals surface area contributed by atoms with Crippen molar-refractivity contribution in [1.82, 2.24) is 24.5 Å². The highest BCUT2D eigenvalue weighted by molar-refractivity contribution is 7.90. The van der Waals surface area contributed by atoms with E-state index in [1.807, 2.05) is 24.5 Å². The van der Waals surface area contributed by atoms with E-state index < -0.39 is 9.84 Å². The van der Waals surface area contributed by atoms with Gasteiger partial charge in [0, 0.05) is 49.3 Å². The Morgan fingerprint density at radius 2 is 1.89 bits per heavy atom. The number of nitrogens with zero attached hydrogens (tertiary/aromatic N) is 6. The average molecular weight is 496 g/mol. The third-order valence-electron chi connectivity index (χ3n) is 6.41. The maximum Gasteiger partial charge on any atom is 0.324 e. The minimum absolute atomic E-state index is 0.0640.